The molecule has 4 aliphatic carbocycles. The average molecular weight is 581 g/mol. The van der Waals surface area contributed by atoms with Gasteiger partial charge in [0, 0.05) is 16.7 Å². The summed E-state index contributed by atoms with van der Waals surface area (Å²) in [6, 6.07) is 26.1. The zero-order chi connectivity index (χ0) is 30.9. The van der Waals surface area contributed by atoms with Gasteiger partial charge in [0.15, 0.2) is 17.5 Å². The quantitative estimate of drug-likeness (QED) is 0.241. The fraction of sp³-hybridized carbons (Fsp3) is 0.450. The van der Waals surface area contributed by atoms with E-state index in [1.165, 1.54) is 55.2 Å². The molecule has 0 saturated heterocycles. The molecule has 1 heterocycles. The van der Waals surface area contributed by atoms with Gasteiger partial charge in [0.1, 0.15) is 0 Å². The maximum atomic E-state index is 10.2. The predicted molar refractivity (Wildman–Crippen MR) is 178 cm³/mol. The van der Waals surface area contributed by atoms with Crippen molar-refractivity contribution in [2.75, 3.05) is 0 Å². The molecule has 3 aromatic carbocycles. The van der Waals surface area contributed by atoms with E-state index in [0.29, 0.717) is 23.0 Å². The number of nitrogens with zero attached hydrogens (tertiary/aromatic N) is 4. The van der Waals surface area contributed by atoms with Gasteiger partial charge in [-0.2, -0.15) is 5.26 Å². The summed E-state index contributed by atoms with van der Waals surface area (Å²) in [5.74, 6) is 4.44. The van der Waals surface area contributed by atoms with Crippen LogP contribution in [0.1, 0.15) is 102 Å². The van der Waals surface area contributed by atoms with Crippen LogP contribution in [0.5, 0.6) is 0 Å². The Kier molecular flexibility index (Phi) is 6.81. The minimum absolute atomic E-state index is 0.0636. The van der Waals surface area contributed by atoms with Gasteiger partial charge in [-0.3, -0.25) is 0 Å². The van der Waals surface area contributed by atoms with Gasteiger partial charge in [-0.25, -0.2) is 15.0 Å². The van der Waals surface area contributed by atoms with Crippen molar-refractivity contribution in [2.45, 2.75) is 96.3 Å². The standard InChI is InChI=1S/C40H44N4/c1-38(2,3)32-11-7-29(8-12-32)35-42-36(30-9-13-33(14-10-30)39(4,5)6)44-37(43-35)31-18-28(24-41)19-34(20-31)40-21-25-15-26(22-40)17-27(16-25)23-40/h7-14,18-20,25-27H,15-17,21-23H2,1-6H3/t25-,26+,27-,40?. The molecule has 224 valence electrons. The summed E-state index contributed by atoms with van der Waals surface area (Å²) in [4.78, 5) is 15.2. The first-order valence-electron chi connectivity index (χ1n) is 16.4. The van der Waals surface area contributed by atoms with Gasteiger partial charge in [-0.15, -0.1) is 0 Å². The topological polar surface area (TPSA) is 62.5 Å². The van der Waals surface area contributed by atoms with Crippen molar-refractivity contribution in [2.24, 2.45) is 17.8 Å². The van der Waals surface area contributed by atoms with Crippen LogP contribution in [0.3, 0.4) is 0 Å². The normalized spacial score (nSPS) is 24.3. The fourth-order valence-corrected chi connectivity index (χ4v) is 8.59. The van der Waals surface area contributed by atoms with Crippen molar-refractivity contribution in [3.63, 3.8) is 0 Å². The Morgan fingerprint density at radius 2 is 1.00 bits per heavy atom. The first kappa shape index (κ1) is 28.9. The van der Waals surface area contributed by atoms with Crippen LogP contribution in [-0.2, 0) is 16.2 Å². The second kappa shape index (κ2) is 10.4. The molecular weight excluding hydrogens is 536 g/mol. The third-order valence-electron chi connectivity index (χ3n) is 10.6. The predicted octanol–water partition coefficient (Wildman–Crippen LogP) is 9.81. The van der Waals surface area contributed by atoms with Gasteiger partial charge in [0.05, 0.1) is 11.6 Å². The van der Waals surface area contributed by atoms with Crippen LogP contribution in [-0.4, -0.2) is 15.0 Å². The second-order valence-electron chi connectivity index (χ2n) is 16.1. The molecule has 0 radical (unpaired) electrons. The van der Waals surface area contributed by atoms with Gasteiger partial charge >= 0.3 is 0 Å². The number of hydrogen-bond acceptors (Lipinski definition) is 4. The van der Waals surface area contributed by atoms with Crippen LogP contribution in [0, 0.1) is 29.1 Å². The van der Waals surface area contributed by atoms with Crippen LogP contribution in [0.4, 0.5) is 0 Å². The van der Waals surface area contributed by atoms with Crippen LogP contribution in [0.25, 0.3) is 34.2 Å². The molecule has 4 heteroatoms. The summed E-state index contributed by atoms with van der Waals surface area (Å²) in [7, 11) is 0. The van der Waals surface area contributed by atoms with Crippen molar-refractivity contribution in [3.05, 3.63) is 89.0 Å². The lowest BCUT2D eigenvalue weighted by Crippen LogP contribution is -2.48. The minimum Gasteiger partial charge on any atom is -0.208 e. The summed E-state index contributed by atoms with van der Waals surface area (Å²) in [5, 5.41) is 10.2. The third kappa shape index (κ3) is 5.36. The zero-order valence-corrected chi connectivity index (χ0v) is 27.1. The Hall–Kier alpha value is -3.84. The molecule has 0 N–H and O–H groups in total. The Labute approximate surface area is 263 Å². The summed E-state index contributed by atoms with van der Waals surface area (Å²) >= 11 is 0. The van der Waals surface area contributed by atoms with Gasteiger partial charge in [-0.1, -0.05) is 90.1 Å². The highest BCUT2D eigenvalue weighted by Crippen LogP contribution is 2.61. The summed E-state index contributed by atoms with van der Waals surface area (Å²) in [5.41, 5.74) is 7.71. The summed E-state index contributed by atoms with van der Waals surface area (Å²) in [6.07, 6.45) is 7.94. The molecule has 4 fully saturated rings. The number of benzene rings is 3. The van der Waals surface area contributed by atoms with E-state index < -0.39 is 0 Å². The van der Waals surface area contributed by atoms with E-state index in [-0.39, 0.29) is 16.2 Å². The monoisotopic (exact) mass is 580 g/mol. The van der Waals surface area contributed by atoms with Crippen LogP contribution in [0.15, 0.2) is 66.7 Å². The Morgan fingerprint density at radius 3 is 1.39 bits per heavy atom. The molecule has 4 saturated carbocycles. The van der Waals surface area contributed by atoms with E-state index in [0.717, 1.165) is 34.4 Å². The molecule has 4 nitrogen and oxygen atoms in total. The molecule has 1 aromatic heterocycles. The van der Waals surface area contributed by atoms with E-state index in [1.807, 2.05) is 6.07 Å². The SMILES string of the molecule is CC(C)(C)c1ccc(-c2nc(-c3ccc(C(C)(C)C)cc3)nc(-c3cc(C#N)cc(C45C[C@H]6C[C@@H](C4)C[C@@H](C5)C6)c3)n2)cc1. The molecule has 0 unspecified atom stereocenters. The van der Waals surface area contributed by atoms with Crippen molar-refractivity contribution in [1.82, 2.24) is 15.0 Å². The van der Waals surface area contributed by atoms with Crippen LogP contribution < -0.4 is 0 Å². The Balaban J connectivity index is 1.36. The number of hydrogen-bond donors (Lipinski definition) is 0. The smallest absolute Gasteiger partial charge is 0.164 e. The van der Waals surface area contributed by atoms with Gasteiger partial charge < -0.3 is 0 Å². The Morgan fingerprint density at radius 1 is 0.591 bits per heavy atom. The number of nitriles is 1. The van der Waals surface area contributed by atoms with E-state index in [9.17, 15) is 5.26 Å². The second-order valence-corrected chi connectivity index (χ2v) is 16.1. The molecule has 0 aliphatic heterocycles. The molecule has 4 bridgehead atoms. The van der Waals surface area contributed by atoms with Crippen LogP contribution in [0.2, 0.25) is 0 Å². The van der Waals surface area contributed by atoms with Gasteiger partial charge in [-0.05, 0) is 107 Å². The fourth-order valence-electron chi connectivity index (χ4n) is 8.59. The molecular formula is C40H44N4. The highest BCUT2D eigenvalue weighted by Gasteiger charge is 2.51. The average Bonchev–Trinajstić information content (AvgIpc) is 2.99. The van der Waals surface area contributed by atoms with Crippen LogP contribution >= 0.6 is 0 Å². The Bertz CT molecular complexity index is 1630. The summed E-state index contributed by atoms with van der Waals surface area (Å²) < 4.78 is 0. The van der Waals surface area contributed by atoms with Gasteiger partial charge in [0.25, 0.3) is 0 Å². The maximum absolute atomic E-state index is 10.2. The summed E-state index contributed by atoms with van der Waals surface area (Å²) in [6.45, 7) is 13.4. The number of aromatic nitrogens is 3. The van der Waals surface area contributed by atoms with Crippen molar-refractivity contribution >= 4 is 0 Å². The van der Waals surface area contributed by atoms with E-state index in [4.69, 9.17) is 15.0 Å². The maximum Gasteiger partial charge on any atom is 0.164 e. The lowest BCUT2D eigenvalue weighted by Gasteiger charge is -2.57. The molecule has 0 atom stereocenters. The lowest BCUT2D eigenvalue weighted by molar-refractivity contribution is -0.00518. The first-order chi connectivity index (χ1) is 20.9. The number of rotatable bonds is 4. The van der Waals surface area contributed by atoms with E-state index in [1.54, 1.807) is 0 Å². The van der Waals surface area contributed by atoms with Crippen molar-refractivity contribution in [3.8, 4) is 40.2 Å². The zero-order valence-electron chi connectivity index (χ0n) is 27.1. The molecule has 44 heavy (non-hydrogen) atoms. The van der Waals surface area contributed by atoms with Crippen molar-refractivity contribution < 1.29 is 0 Å². The molecule has 8 rings (SSSR count). The third-order valence-corrected chi connectivity index (χ3v) is 10.6. The molecule has 4 aliphatic rings. The largest absolute Gasteiger partial charge is 0.208 e. The van der Waals surface area contributed by atoms with E-state index in [2.05, 4.69) is 108 Å². The molecule has 0 amide bonds. The van der Waals surface area contributed by atoms with E-state index >= 15 is 0 Å². The highest BCUT2D eigenvalue weighted by molar-refractivity contribution is 5.68. The molecule has 4 aromatic rings. The van der Waals surface area contributed by atoms with Gasteiger partial charge in [0.2, 0.25) is 0 Å². The lowest BCUT2D eigenvalue weighted by atomic mass is 9.48. The molecule has 0 spiro atoms. The first-order valence-corrected chi connectivity index (χ1v) is 16.4. The van der Waals surface area contributed by atoms with Crippen molar-refractivity contribution in [1.29, 1.82) is 5.26 Å². The minimum atomic E-state index is 0.0636. The highest BCUT2D eigenvalue weighted by atomic mass is 15.0.